The predicted molar refractivity (Wildman–Crippen MR) is 107 cm³/mol. The van der Waals surface area contributed by atoms with E-state index in [4.69, 9.17) is 0 Å². The number of carbonyl (C=O) groups is 1. The number of rotatable bonds is 17. The van der Waals surface area contributed by atoms with E-state index >= 15 is 0 Å². The van der Waals surface area contributed by atoms with Crippen molar-refractivity contribution in [1.82, 2.24) is 0 Å². The first kappa shape index (κ1) is 26.9. The maximum absolute atomic E-state index is 11.2. The van der Waals surface area contributed by atoms with Gasteiger partial charge in [0.1, 0.15) is 12.2 Å². The summed E-state index contributed by atoms with van der Waals surface area (Å²) in [5.41, 5.74) is 0. The molecule has 4 unspecified atom stereocenters. The molecule has 0 amide bonds. The summed E-state index contributed by atoms with van der Waals surface area (Å²) in [7, 11) is 1.28. The summed E-state index contributed by atoms with van der Waals surface area (Å²) in [6.07, 6.45) is 4.64. The van der Waals surface area contributed by atoms with Crippen LogP contribution in [0.3, 0.4) is 0 Å². The molecule has 0 heterocycles. The summed E-state index contributed by atoms with van der Waals surface area (Å²) in [6.45, 7) is 1.99. The van der Waals surface area contributed by atoms with Crippen LogP contribution < -0.4 is 0 Å². The smallest absolute Gasteiger partial charge is 0.305 e. The second-order valence-corrected chi connectivity index (χ2v) is 7.10. The highest BCUT2D eigenvalue weighted by molar-refractivity contribution is 5.68. The van der Waals surface area contributed by atoms with Crippen LogP contribution in [0.1, 0.15) is 71.1 Å². The summed E-state index contributed by atoms with van der Waals surface area (Å²) in [6, 6.07) is -2.27. The average molecular weight is 418 g/mol. The standard InChI is InChI=1S/C19H34N2O8/c1-3-4-5-10-15(20(25)26)17(22)12-7-6-11-16(21(27)28)18(23)13-8-9-14-19(24)29-2/h6-7,15-18,22-23H,3-5,8-14H2,1-2H3/b7-6-. The molecule has 0 aromatic heterocycles. The lowest BCUT2D eigenvalue weighted by Gasteiger charge is -2.15. The number of esters is 1. The highest BCUT2D eigenvalue weighted by Crippen LogP contribution is 2.15. The Morgan fingerprint density at radius 3 is 2.07 bits per heavy atom. The number of aliphatic hydroxyl groups is 2. The molecule has 4 atom stereocenters. The van der Waals surface area contributed by atoms with Gasteiger partial charge in [-0.05, 0) is 25.7 Å². The van der Waals surface area contributed by atoms with Crippen LogP contribution >= 0.6 is 0 Å². The molecule has 0 aliphatic rings. The van der Waals surface area contributed by atoms with Crippen molar-refractivity contribution in [1.29, 1.82) is 0 Å². The molecule has 0 aliphatic heterocycles. The molecule has 0 radical (unpaired) electrons. The van der Waals surface area contributed by atoms with E-state index in [0.29, 0.717) is 19.3 Å². The normalized spacial score (nSPS) is 15.6. The first-order valence-electron chi connectivity index (χ1n) is 10.1. The summed E-state index contributed by atoms with van der Waals surface area (Å²) < 4.78 is 4.51. The zero-order valence-electron chi connectivity index (χ0n) is 17.3. The van der Waals surface area contributed by atoms with E-state index in [9.17, 15) is 35.2 Å². The fourth-order valence-electron chi connectivity index (χ4n) is 2.97. The minimum Gasteiger partial charge on any atom is -0.469 e. The zero-order valence-corrected chi connectivity index (χ0v) is 17.3. The number of aliphatic hydroxyl groups excluding tert-OH is 2. The van der Waals surface area contributed by atoms with Crippen LogP contribution in [0.25, 0.3) is 0 Å². The number of methoxy groups -OCH3 is 1. The summed E-state index contributed by atoms with van der Waals surface area (Å²) in [4.78, 5) is 32.3. The van der Waals surface area contributed by atoms with Gasteiger partial charge in [-0.1, -0.05) is 38.3 Å². The second-order valence-electron chi connectivity index (χ2n) is 7.10. The summed E-state index contributed by atoms with van der Waals surface area (Å²) in [5, 5.41) is 42.4. The van der Waals surface area contributed by atoms with Gasteiger partial charge in [-0.25, -0.2) is 0 Å². The number of unbranched alkanes of at least 4 members (excludes halogenated alkanes) is 3. The number of ether oxygens (including phenoxy) is 1. The van der Waals surface area contributed by atoms with Crippen LogP contribution in [-0.2, 0) is 9.53 Å². The number of nitrogens with zero attached hydrogens (tertiary/aromatic N) is 2. The quantitative estimate of drug-likeness (QED) is 0.120. The molecule has 0 bridgehead atoms. The monoisotopic (exact) mass is 418 g/mol. The summed E-state index contributed by atoms with van der Waals surface area (Å²) >= 11 is 0. The van der Waals surface area contributed by atoms with E-state index in [0.717, 1.165) is 12.8 Å². The topological polar surface area (TPSA) is 153 Å². The third-order valence-corrected chi connectivity index (χ3v) is 4.81. The molecule has 0 rings (SSSR count). The molecule has 0 fully saturated rings. The highest BCUT2D eigenvalue weighted by Gasteiger charge is 2.29. The van der Waals surface area contributed by atoms with Gasteiger partial charge < -0.3 is 14.9 Å². The van der Waals surface area contributed by atoms with Crippen molar-refractivity contribution in [3.8, 4) is 0 Å². The van der Waals surface area contributed by atoms with Crippen molar-refractivity contribution in [2.75, 3.05) is 7.11 Å². The third-order valence-electron chi connectivity index (χ3n) is 4.81. The number of carbonyl (C=O) groups excluding carboxylic acids is 1. The van der Waals surface area contributed by atoms with Crippen molar-refractivity contribution in [2.45, 2.75) is 95.4 Å². The minimum atomic E-state index is -1.21. The van der Waals surface area contributed by atoms with E-state index in [1.54, 1.807) is 0 Å². The van der Waals surface area contributed by atoms with Crippen LogP contribution in [0.2, 0.25) is 0 Å². The molecule has 2 N–H and O–H groups in total. The molecule has 0 aliphatic carbocycles. The second kappa shape index (κ2) is 15.8. The van der Waals surface area contributed by atoms with Gasteiger partial charge in [0.2, 0.25) is 12.1 Å². The third kappa shape index (κ3) is 12.2. The SMILES string of the molecule is CCCCCC(C(O)C/C=C\CC(C(O)CCCCC(=O)OC)[N+](=O)[O-])[N+](=O)[O-]. The molecule has 0 aromatic rings. The van der Waals surface area contributed by atoms with Gasteiger partial charge in [0.15, 0.2) is 0 Å². The Morgan fingerprint density at radius 2 is 1.52 bits per heavy atom. The lowest BCUT2D eigenvalue weighted by atomic mass is 9.99. The lowest BCUT2D eigenvalue weighted by molar-refractivity contribution is -0.535. The molecule has 10 nitrogen and oxygen atoms in total. The Bertz CT molecular complexity index is 526. The fraction of sp³-hybridized carbons (Fsp3) is 0.842. The molecule has 168 valence electrons. The van der Waals surface area contributed by atoms with E-state index in [1.165, 1.54) is 19.3 Å². The molecule has 10 heteroatoms. The maximum atomic E-state index is 11.2. The molecule has 0 spiro atoms. The average Bonchev–Trinajstić information content (AvgIpc) is 2.67. The van der Waals surface area contributed by atoms with Gasteiger partial charge in [-0.15, -0.1) is 0 Å². The molecule has 0 aromatic carbocycles. The maximum Gasteiger partial charge on any atom is 0.305 e. The highest BCUT2D eigenvalue weighted by atomic mass is 16.6. The Morgan fingerprint density at radius 1 is 0.931 bits per heavy atom. The van der Waals surface area contributed by atoms with Gasteiger partial charge >= 0.3 is 5.97 Å². The Kier molecular flexibility index (Phi) is 14.7. The molecule has 0 saturated carbocycles. The van der Waals surface area contributed by atoms with Crippen molar-refractivity contribution < 1.29 is 29.6 Å². The number of nitro groups is 2. The Labute approximate surface area is 171 Å². The lowest BCUT2D eigenvalue weighted by Crippen LogP contribution is -2.34. The molecule has 29 heavy (non-hydrogen) atoms. The number of hydrogen-bond donors (Lipinski definition) is 2. The van der Waals surface area contributed by atoms with Gasteiger partial charge in [0.25, 0.3) is 0 Å². The largest absolute Gasteiger partial charge is 0.469 e. The predicted octanol–water partition coefficient (Wildman–Crippen LogP) is 2.65. The zero-order chi connectivity index (χ0) is 22.2. The van der Waals surface area contributed by atoms with Gasteiger partial charge in [-0.2, -0.15) is 0 Å². The van der Waals surface area contributed by atoms with Crippen LogP contribution in [0.4, 0.5) is 0 Å². The summed E-state index contributed by atoms with van der Waals surface area (Å²) in [5.74, 6) is -0.366. The van der Waals surface area contributed by atoms with Crippen molar-refractivity contribution in [2.24, 2.45) is 0 Å². The molecular weight excluding hydrogens is 384 g/mol. The van der Waals surface area contributed by atoms with Crippen LogP contribution in [0, 0.1) is 20.2 Å². The minimum absolute atomic E-state index is 0.0252. The molecular formula is C19H34N2O8. The van der Waals surface area contributed by atoms with Crippen LogP contribution in [0.15, 0.2) is 12.2 Å². The van der Waals surface area contributed by atoms with Gasteiger partial charge in [0.05, 0.1) is 7.11 Å². The Balaban J connectivity index is 4.47. The first-order valence-corrected chi connectivity index (χ1v) is 10.1. The van der Waals surface area contributed by atoms with E-state index < -0.39 is 34.1 Å². The first-order chi connectivity index (χ1) is 13.7. The van der Waals surface area contributed by atoms with Crippen molar-refractivity contribution in [3.63, 3.8) is 0 Å². The van der Waals surface area contributed by atoms with E-state index in [2.05, 4.69) is 4.74 Å². The fourth-order valence-corrected chi connectivity index (χ4v) is 2.97. The van der Waals surface area contributed by atoms with Crippen LogP contribution in [0.5, 0.6) is 0 Å². The van der Waals surface area contributed by atoms with Crippen molar-refractivity contribution in [3.05, 3.63) is 32.4 Å². The van der Waals surface area contributed by atoms with Crippen molar-refractivity contribution >= 4 is 5.97 Å². The van der Waals surface area contributed by atoms with E-state index in [-0.39, 0.29) is 38.1 Å². The van der Waals surface area contributed by atoms with Gasteiger partial charge in [-0.3, -0.25) is 25.0 Å². The van der Waals surface area contributed by atoms with Crippen LogP contribution in [-0.4, -0.2) is 57.4 Å². The molecule has 0 saturated heterocycles. The number of hydrogen-bond acceptors (Lipinski definition) is 8. The van der Waals surface area contributed by atoms with E-state index in [1.807, 2.05) is 6.92 Å². The van der Waals surface area contributed by atoms with Gasteiger partial charge in [0, 0.05) is 29.1 Å². The Hall–Kier alpha value is -2.07.